The van der Waals surface area contributed by atoms with Crippen molar-refractivity contribution in [3.05, 3.63) is 53.9 Å². The van der Waals surface area contributed by atoms with E-state index in [4.69, 9.17) is 0 Å². The maximum atomic E-state index is 2.59. The number of pyridine rings is 1. The van der Waals surface area contributed by atoms with E-state index in [-0.39, 0.29) is 0 Å². The molecule has 0 aliphatic carbocycles. The van der Waals surface area contributed by atoms with Gasteiger partial charge >= 0.3 is 0 Å². The molecule has 1 heteroatoms. The maximum absolute atomic E-state index is 2.59. The normalized spacial score (nSPS) is 11.1. The first-order valence-corrected chi connectivity index (χ1v) is 8.37. The predicted octanol–water partition coefficient (Wildman–Crippen LogP) is 5.13. The molecule has 0 saturated heterocycles. The van der Waals surface area contributed by atoms with E-state index in [0.29, 0.717) is 6.04 Å². The van der Waals surface area contributed by atoms with Crippen LogP contribution in [0.2, 0.25) is 0 Å². The molecule has 0 aliphatic rings. The lowest BCUT2D eigenvalue weighted by atomic mass is 10.0. The Hall–Kier alpha value is -1.63. The summed E-state index contributed by atoms with van der Waals surface area (Å²) in [5, 5.41) is 0. The lowest BCUT2D eigenvalue weighted by molar-refractivity contribution is -0.736. The van der Waals surface area contributed by atoms with Crippen LogP contribution in [0, 0.1) is 0 Å². The van der Waals surface area contributed by atoms with Gasteiger partial charge in [-0.15, -0.1) is 0 Å². The van der Waals surface area contributed by atoms with Crippen LogP contribution in [0.1, 0.15) is 58.0 Å². The van der Waals surface area contributed by atoms with Crippen molar-refractivity contribution < 1.29 is 4.57 Å². The topological polar surface area (TPSA) is 3.88 Å². The number of nitrogens with zero attached hydrogens (tertiary/aromatic N) is 1. The SMILES string of the molecule is CCc1cc(-c2ccccc2)cc(CC)[n+]1C(CC)CC. The Morgan fingerprint density at radius 2 is 1.29 bits per heavy atom. The van der Waals surface area contributed by atoms with E-state index < -0.39 is 0 Å². The third-order valence-corrected chi connectivity index (χ3v) is 4.40. The van der Waals surface area contributed by atoms with Crippen LogP contribution in [0.3, 0.4) is 0 Å². The van der Waals surface area contributed by atoms with E-state index >= 15 is 0 Å². The second kappa shape index (κ2) is 7.40. The van der Waals surface area contributed by atoms with Crippen LogP contribution in [0.5, 0.6) is 0 Å². The van der Waals surface area contributed by atoms with E-state index in [1.54, 1.807) is 0 Å². The van der Waals surface area contributed by atoms with Crippen LogP contribution in [-0.4, -0.2) is 0 Å². The average Bonchev–Trinajstić information content (AvgIpc) is 2.56. The van der Waals surface area contributed by atoms with E-state index in [9.17, 15) is 0 Å². The van der Waals surface area contributed by atoms with Gasteiger partial charge in [-0.05, 0) is 11.1 Å². The molecule has 0 fully saturated rings. The van der Waals surface area contributed by atoms with E-state index in [1.165, 1.54) is 35.4 Å². The van der Waals surface area contributed by atoms with Gasteiger partial charge in [-0.25, -0.2) is 0 Å². The quantitative estimate of drug-likeness (QED) is 0.647. The smallest absolute Gasteiger partial charge is 0.182 e. The summed E-state index contributed by atoms with van der Waals surface area (Å²) in [4.78, 5) is 0. The third-order valence-electron chi connectivity index (χ3n) is 4.40. The Morgan fingerprint density at radius 3 is 1.71 bits per heavy atom. The fourth-order valence-electron chi connectivity index (χ4n) is 3.19. The van der Waals surface area contributed by atoms with Crippen molar-refractivity contribution in [3.63, 3.8) is 0 Å². The van der Waals surface area contributed by atoms with E-state index in [0.717, 1.165) is 12.8 Å². The minimum atomic E-state index is 0.625. The standard InChI is InChI=1S/C20H28N/c1-5-18(6-2)21-19(7-3)14-17(15-20(21)8-4)16-12-10-9-11-13-16/h9-15,18H,5-8H2,1-4H3/q+1. The molecule has 1 heterocycles. The van der Waals surface area contributed by atoms with Gasteiger partial charge in [0, 0.05) is 37.8 Å². The molecule has 112 valence electrons. The van der Waals surface area contributed by atoms with Gasteiger partial charge in [-0.2, -0.15) is 4.57 Å². The summed E-state index contributed by atoms with van der Waals surface area (Å²) >= 11 is 0. The monoisotopic (exact) mass is 282 g/mol. The molecule has 1 aromatic heterocycles. The highest BCUT2D eigenvalue weighted by Gasteiger charge is 2.23. The average molecular weight is 282 g/mol. The lowest BCUT2D eigenvalue weighted by Gasteiger charge is -2.16. The van der Waals surface area contributed by atoms with Gasteiger partial charge in [0.15, 0.2) is 17.4 Å². The first kappa shape index (κ1) is 15.8. The second-order valence-corrected chi connectivity index (χ2v) is 5.64. The Balaban J connectivity index is 2.59. The van der Waals surface area contributed by atoms with E-state index in [2.05, 4.69) is 74.7 Å². The zero-order valence-electron chi connectivity index (χ0n) is 13.9. The van der Waals surface area contributed by atoms with Crippen molar-refractivity contribution >= 4 is 0 Å². The zero-order valence-corrected chi connectivity index (χ0v) is 13.9. The van der Waals surface area contributed by atoms with Gasteiger partial charge < -0.3 is 0 Å². The van der Waals surface area contributed by atoms with Crippen molar-refractivity contribution in [1.82, 2.24) is 0 Å². The van der Waals surface area contributed by atoms with Crippen LogP contribution in [0.15, 0.2) is 42.5 Å². The summed E-state index contributed by atoms with van der Waals surface area (Å²) in [7, 11) is 0. The highest BCUT2D eigenvalue weighted by Crippen LogP contribution is 2.22. The molecular formula is C20H28N+. The van der Waals surface area contributed by atoms with Crippen LogP contribution in [0.25, 0.3) is 11.1 Å². The Bertz CT molecular complexity index is 543. The molecule has 1 aromatic carbocycles. The minimum Gasteiger partial charge on any atom is -0.197 e. The predicted molar refractivity (Wildman–Crippen MR) is 90.4 cm³/mol. The first-order valence-electron chi connectivity index (χ1n) is 8.37. The van der Waals surface area contributed by atoms with Gasteiger partial charge in [-0.1, -0.05) is 58.0 Å². The van der Waals surface area contributed by atoms with E-state index in [1.807, 2.05) is 0 Å². The molecule has 0 radical (unpaired) electrons. The van der Waals surface area contributed by atoms with Gasteiger partial charge in [0.25, 0.3) is 0 Å². The minimum absolute atomic E-state index is 0.625. The molecule has 0 saturated carbocycles. The Labute approximate surface area is 129 Å². The van der Waals surface area contributed by atoms with Gasteiger partial charge in [0.2, 0.25) is 0 Å². The molecule has 1 nitrogen and oxygen atoms in total. The highest BCUT2D eigenvalue weighted by atomic mass is 15.0. The highest BCUT2D eigenvalue weighted by molar-refractivity contribution is 5.63. The number of aryl methyl sites for hydroxylation is 2. The molecule has 0 atom stereocenters. The van der Waals surface area contributed by atoms with Crippen molar-refractivity contribution in [2.75, 3.05) is 0 Å². The summed E-state index contributed by atoms with van der Waals surface area (Å²) in [6.07, 6.45) is 4.58. The molecule has 0 bridgehead atoms. The largest absolute Gasteiger partial charge is 0.197 e. The van der Waals surface area contributed by atoms with Crippen LogP contribution in [0.4, 0.5) is 0 Å². The van der Waals surface area contributed by atoms with Crippen molar-refractivity contribution in [1.29, 1.82) is 0 Å². The van der Waals surface area contributed by atoms with Crippen LogP contribution >= 0.6 is 0 Å². The number of benzene rings is 1. The van der Waals surface area contributed by atoms with Crippen molar-refractivity contribution in [2.45, 2.75) is 59.4 Å². The van der Waals surface area contributed by atoms with Gasteiger partial charge in [0.05, 0.1) is 0 Å². The second-order valence-electron chi connectivity index (χ2n) is 5.64. The molecule has 2 aromatic rings. The Kier molecular flexibility index (Phi) is 5.55. The fourth-order valence-corrected chi connectivity index (χ4v) is 3.19. The van der Waals surface area contributed by atoms with Crippen LogP contribution < -0.4 is 4.57 Å². The molecule has 0 spiro atoms. The summed E-state index contributed by atoms with van der Waals surface area (Å²) in [6, 6.07) is 16.1. The number of aromatic nitrogens is 1. The summed E-state index contributed by atoms with van der Waals surface area (Å²) < 4.78 is 2.59. The molecule has 21 heavy (non-hydrogen) atoms. The van der Waals surface area contributed by atoms with Gasteiger partial charge in [0.1, 0.15) is 0 Å². The molecule has 0 unspecified atom stereocenters. The molecular weight excluding hydrogens is 254 g/mol. The zero-order chi connectivity index (χ0) is 15.2. The molecule has 0 N–H and O–H groups in total. The van der Waals surface area contributed by atoms with Crippen LogP contribution in [-0.2, 0) is 12.8 Å². The Morgan fingerprint density at radius 1 is 0.762 bits per heavy atom. The molecule has 2 rings (SSSR count). The summed E-state index contributed by atoms with van der Waals surface area (Å²) in [6.45, 7) is 9.13. The lowest BCUT2D eigenvalue weighted by Crippen LogP contribution is -2.46. The summed E-state index contributed by atoms with van der Waals surface area (Å²) in [5.41, 5.74) is 5.59. The third kappa shape index (κ3) is 3.34. The number of hydrogen-bond donors (Lipinski definition) is 0. The summed E-state index contributed by atoms with van der Waals surface area (Å²) in [5.74, 6) is 0. The van der Waals surface area contributed by atoms with Gasteiger partial charge in [-0.3, -0.25) is 0 Å². The maximum Gasteiger partial charge on any atom is 0.182 e. The fraction of sp³-hybridized carbons (Fsp3) is 0.450. The molecule has 0 aliphatic heterocycles. The van der Waals surface area contributed by atoms with Crippen molar-refractivity contribution in [3.8, 4) is 11.1 Å². The van der Waals surface area contributed by atoms with Crippen molar-refractivity contribution in [2.24, 2.45) is 0 Å². The number of hydrogen-bond acceptors (Lipinski definition) is 0. The molecule has 0 amide bonds. The number of rotatable bonds is 6. The first-order chi connectivity index (χ1) is 10.2.